The average Bonchev–Trinajstić information content (AvgIpc) is 2.95. The van der Waals surface area contributed by atoms with Gasteiger partial charge in [-0.2, -0.15) is 0 Å². The number of carbonyl (C=O) groups is 2. The standard InChI is InChI=1S/C15H16N2O4/c1-9-4-6-11(7-5-9)12-8-13(21-16-12)14(18)17(3)10(2)15(19)20/h4-8,10H,1-3H3,(H,19,20). The molecule has 1 N–H and O–H groups in total. The first kappa shape index (κ1) is 14.8. The van der Waals surface area contributed by atoms with Crippen LogP contribution in [0.3, 0.4) is 0 Å². The number of rotatable bonds is 4. The second-order valence-electron chi connectivity index (χ2n) is 4.87. The minimum absolute atomic E-state index is 0.0150. The van der Waals surface area contributed by atoms with Crippen molar-refractivity contribution >= 4 is 11.9 Å². The molecule has 0 fully saturated rings. The van der Waals surface area contributed by atoms with Crippen LogP contribution < -0.4 is 0 Å². The molecule has 1 aromatic carbocycles. The molecule has 110 valence electrons. The second kappa shape index (κ2) is 5.78. The van der Waals surface area contributed by atoms with Gasteiger partial charge in [0, 0.05) is 18.7 Å². The molecule has 0 aliphatic heterocycles. The van der Waals surface area contributed by atoms with Gasteiger partial charge in [-0.25, -0.2) is 4.79 Å². The van der Waals surface area contributed by atoms with Gasteiger partial charge in [0.25, 0.3) is 5.91 Å². The molecule has 0 saturated heterocycles. The molecule has 1 aromatic heterocycles. The first-order valence-corrected chi connectivity index (χ1v) is 6.44. The lowest BCUT2D eigenvalue weighted by Crippen LogP contribution is -2.40. The van der Waals surface area contributed by atoms with E-state index in [4.69, 9.17) is 9.63 Å². The van der Waals surface area contributed by atoms with Crippen molar-refractivity contribution in [3.8, 4) is 11.3 Å². The normalized spacial score (nSPS) is 12.0. The van der Waals surface area contributed by atoms with Crippen LogP contribution >= 0.6 is 0 Å². The van der Waals surface area contributed by atoms with Crippen molar-refractivity contribution in [3.05, 3.63) is 41.7 Å². The molecule has 21 heavy (non-hydrogen) atoms. The Hall–Kier alpha value is -2.63. The van der Waals surface area contributed by atoms with E-state index in [2.05, 4.69) is 5.16 Å². The number of likely N-dealkylation sites (N-methyl/N-ethyl adjacent to an activating group) is 1. The van der Waals surface area contributed by atoms with E-state index < -0.39 is 17.9 Å². The molecule has 1 unspecified atom stereocenters. The number of carbonyl (C=O) groups excluding carboxylic acids is 1. The number of carboxylic acids is 1. The number of aliphatic carboxylic acids is 1. The van der Waals surface area contributed by atoms with Gasteiger partial charge in [0.2, 0.25) is 5.76 Å². The fourth-order valence-electron chi connectivity index (χ4n) is 1.75. The number of amides is 1. The summed E-state index contributed by atoms with van der Waals surface area (Å²) in [7, 11) is 1.41. The molecule has 0 aliphatic rings. The van der Waals surface area contributed by atoms with Crippen molar-refractivity contribution < 1.29 is 19.2 Å². The highest BCUT2D eigenvalue weighted by Crippen LogP contribution is 2.20. The number of carboxylic acid groups (broad SMARTS) is 1. The third-order valence-corrected chi connectivity index (χ3v) is 3.33. The molecule has 2 rings (SSSR count). The van der Waals surface area contributed by atoms with Crippen LogP contribution in [-0.4, -0.2) is 40.1 Å². The van der Waals surface area contributed by atoms with E-state index in [0.717, 1.165) is 16.0 Å². The van der Waals surface area contributed by atoms with Gasteiger partial charge >= 0.3 is 5.97 Å². The topological polar surface area (TPSA) is 83.6 Å². The highest BCUT2D eigenvalue weighted by atomic mass is 16.5. The van der Waals surface area contributed by atoms with Crippen LogP contribution in [0.5, 0.6) is 0 Å². The van der Waals surface area contributed by atoms with Crippen molar-refractivity contribution in [2.75, 3.05) is 7.05 Å². The van der Waals surface area contributed by atoms with Crippen LogP contribution in [0.2, 0.25) is 0 Å². The SMILES string of the molecule is Cc1ccc(-c2cc(C(=O)N(C)C(C)C(=O)O)on2)cc1. The zero-order valence-corrected chi connectivity index (χ0v) is 12.0. The molecule has 6 nitrogen and oxygen atoms in total. The predicted molar refractivity (Wildman–Crippen MR) is 75.9 cm³/mol. The zero-order valence-electron chi connectivity index (χ0n) is 12.0. The van der Waals surface area contributed by atoms with E-state index in [1.54, 1.807) is 0 Å². The van der Waals surface area contributed by atoms with Gasteiger partial charge in [0.05, 0.1) is 0 Å². The fourth-order valence-corrected chi connectivity index (χ4v) is 1.75. The summed E-state index contributed by atoms with van der Waals surface area (Å²) in [5, 5.41) is 12.8. The van der Waals surface area contributed by atoms with Crippen molar-refractivity contribution in [1.82, 2.24) is 10.1 Å². The lowest BCUT2D eigenvalue weighted by Gasteiger charge is -2.19. The highest BCUT2D eigenvalue weighted by Gasteiger charge is 2.25. The Labute approximate surface area is 122 Å². The second-order valence-corrected chi connectivity index (χ2v) is 4.87. The lowest BCUT2D eigenvalue weighted by atomic mass is 10.1. The van der Waals surface area contributed by atoms with Gasteiger partial charge in [-0.05, 0) is 13.8 Å². The molecule has 1 atom stereocenters. The summed E-state index contributed by atoms with van der Waals surface area (Å²) in [4.78, 5) is 24.1. The maximum absolute atomic E-state index is 12.1. The Balaban J connectivity index is 2.21. The Morgan fingerprint density at radius 1 is 1.29 bits per heavy atom. The summed E-state index contributed by atoms with van der Waals surface area (Å²) in [6, 6.07) is 8.20. The smallest absolute Gasteiger partial charge is 0.326 e. The zero-order chi connectivity index (χ0) is 15.6. The van der Waals surface area contributed by atoms with Crippen molar-refractivity contribution in [3.63, 3.8) is 0 Å². The van der Waals surface area contributed by atoms with Crippen molar-refractivity contribution in [1.29, 1.82) is 0 Å². The summed E-state index contributed by atoms with van der Waals surface area (Å²) >= 11 is 0. The summed E-state index contributed by atoms with van der Waals surface area (Å²) in [5.41, 5.74) is 2.49. The summed E-state index contributed by atoms with van der Waals surface area (Å²) in [6.45, 7) is 3.40. The van der Waals surface area contributed by atoms with E-state index >= 15 is 0 Å². The number of hydrogen-bond donors (Lipinski definition) is 1. The maximum atomic E-state index is 12.1. The fraction of sp³-hybridized carbons (Fsp3) is 0.267. The van der Waals surface area contributed by atoms with Gasteiger partial charge in [0.15, 0.2) is 0 Å². The molecule has 0 bridgehead atoms. The molecule has 0 saturated carbocycles. The molecular formula is C15H16N2O4. The lowest BCUT2D eigenvalue weighted by molar-refractivity contribution is -0.141. The van der Waals surface area contributed by atoms with E-state index in [1.807, 2.05) is 31.2 Å². The Morgan fingerprint density at radius 3 is 2.48 bits per heavy atom. The van der Waals surface area contributed by atoms with E-state index in [0.29, 0.717) is 5.69 Å². The van der Waals surface area contributed by atoms with Crippen LogP contribution in [-0.2, 0) is 4.79 Å². The van der Waals surface area contributed by atoms with Gasteiger partial charge < -0.3 is 14.5 Å². The molecule has 1 heterocycles. The number of hydrogen-bond acceptors (Lipinski definition) is 4. The molecule has 6 heteroatoms. The molecular weight excluding hydrogens is 272 g/mol. The molecule has 1 amide bonds. The minimum Gasteiger partial charge on any atom is -0.480 e. The van der Waals surface area contributed by atoms with Crippen LogP contribution in [0.25, 0.3) is 11.3 Å². The number of benzene rings is 1. The highest BCUT2D eigenvalue weighted by molar-refractivity contribution is 5.94. The van der Waals surface area contributed by atoms with Crippen molar-refractivity contribution in [2.24, 2.45) is 0 Å². The Morgan fingerprint density at radius 2 is 1.90 bits per heavy atom. The van der Waals surface area contributed by atoms with Crippen LogP contribution in [0, 0.1) is 6.92 Å². The van der Waals surface area contributed by atoms with Crippen LogP contribution in [0.15, 0.2) is 34.9 Å². The quantitative estimate of drug-likeness (QED) is 0.932. The van der Waals surface area contributed by atoms with E-state index in [1.165, 1.54) is 20.0 Å². The maximum Gasteiger partial charge on any atom is 0.326 e. The molecule has 2 aromatic rings. The predicted octanol–water partition coefficient (Wildman–Crippen LogP) is 2.20. The third-order valence-electron chi connectivity index (χ3n) is 3.33. The van der Waals surface area contributed by atoms with Crippen molar-refractivity contribution in [2.45, 2.75) is 19.9 Å². The van der Waals surface area contributed by atoms with Crippen LogP contribution in [0.1, 0.15) is 23.0 Å². The minimum atomic E-state index is -1.08. The summed E-state index contributed by atoms with van der Waals surface area (Å²) in [5.74, 6) is -1.58. The number of aromatic nitrogens is 1. The van der Waals surface area contributed by atoms with Crippen LogP contribution in [0.4, 0.5) is 0 Å². The van der Waals surface area contributed by atoms with E-state index in [9.17, 15) is 9.59 Å². The third kappa shape index (κ3) is 3.10. The van der Waals surface area contributed by atoms with Gasteiger partial charge in [-0.15, -0.1) is 0 Å². The summed E-state index contributed by atoms with van der Waals surface area (Å²) < 4.78 is 5.03. The number of aryl methyl sites for hydroxylation is 1. The first-order chi connectivity index (χ1) is 9.90. The van der Waals surface area contributed by atoms with E-state index in [-0.39, 0.29) is 5.76 Å². The monoisotopic (exact) mass is 288 g/mol. The molecule has 0 aliphatic carbocycles. The molecule has 0 radical (unpaired) electrons. The summed E-state index contributed by atoms with van der Waals surface area (Å²) in [6.07, 6.45) is 0. The Kier molecular flexibility index (Phi) is 4.07. The first-order valence-electron chi connectivity index (χ1n) is 6.44. The molecule has 0 spiro atoms. The number of nitrogens with zero attached hydrogens (tertiary/aromatic N) is 2. The van der Waals surface area contributed by atoms with Gasteiger partial charge in [-0.1, -0.05) is 35.0 Å². The Bertz CT molecular complexity index is 661. The van der Waals surface area contributed by atoms with Gasteiger partial charge in [-0.3, -0.25) is 4.79 Å². The largest absolute Gasteiger partial charge is 0.480 e. The van der Waals surface area contributed by atoms with Gasteiger partial charge in [0.1, 0.15) is 11.7 Å². The average molecular weight is 288 g/mol.